The van der Waals surface area contributed by atoms with Gasteiger partial charge in [0.15, 0.2) is 0 Å². The summed E-state index contributed by atoms with van der Waals surface area (Å²) >= 11 is 0. The first kappa shape index (κ1) is 13.1. The van der Waals surface area contributed by atoms with E-state index in [1.165, 1.54) is 0 Å². The molecule has 4 nitrogen and oxygen atoms in total. The van der Waals surface area contributed by atoms with Crippen LogP contribution in [0.4, 0.5) is 0 Å². The minimum atomic E-state index is -2.35. The molecule has 0 bridgehead atoms. The highest BCUT2D eigenvalue weighted by atomic mass is 28.4. The van der Waals surface area contributed by atoms with Crippen LogP contribution in [0.25, 0.3) is 0 Å². The fraction of sp³-hybridized carbons (Fsp3) is 1.00. The molecule has 0 aliphatic heterocycles. The van der Waals surface area contributed by atoms with Gasteiger partial charge in [-0.2, -0.15) is 0 Å². The Morgan fingerprint density at radius 2 is 1.85 bits per heavy atom. The fourth-order valence-electron chi connectivity index (χ4n) is 1.01. The lowest BCUT2D eigenvalue weighted by Gasteiger charge is -2.26. The predicted octanol–water partition coefficient (Wildman–Crippen LogP) is 0.992. The molecule has 0 amide bonds. The molecular formula is C8H21NO3Si. The highest BCUT2D eigenvalue weighted by Gasteiger charge is 2.33. The fourth-order valence-corrected chi connectivity index (χ4v) is 2.22. The van der Waals surface area contributed by atoms with Crippen LogP contribution in [-0.2, 0) is 13.3 Å². The van der Waals surface area contributed by atoms with Crippen molar-refractivity contribution in [2.24, 2.45) is 5.73 Å². The van der Waals surface area contributed by atoms with Crippen molar-refractivity contribution < 1.29 is 13.3 Å². The van der Waals surface area contributed by atoms with E-state index in [-0.39, 0.29) is 6.10 Å². The molecule has 1 atom stereocenters. The third-order valence-corrected chi connectivity index (χ3v) is 4.29. The zero-order valence-electron chi connectivity index (χ0n) is 9.00. The second-order valence-electron chi connectivity index (χ2n) is 3.13. The highest BCUT2D eigenvalue weighted by molar-refractivity contribution is 6.59. The van der Waals surface area contributed by atoms with Gasteiger partial charge in [-0.3, -0.25) is 0 Å². The van der Waals surface area contributed by atoms with Crippen LogP contribution in [0.15, 0.2) is 0 Å². The maximum atomic E-state index is 5.68. The Hall–Kier alpha value is 0.0569. The highest BCUT2D eigenvalue weighted by Crippen LogP contribution is 2.12. The summed E-state index contributed by atoms with van der Waals surface area (Å²) in [6.45, 7) is 4.59. The second-order valence-corrected chi connectivity index (χ2v) is 5.91. The lowest BCUT2D eigenvalue weighted by Crippen LogP contribution is -2.43. The van der Waals surface area contributed by atoms with Crippen LogP contribution in [0.3, 0.4) is 0 Å². The van der Waals surface area contributed by atoms with Crippen molar-refractivity contribution in [3.8, 4) is 0 Å². The smallest absolute Gasteiger partial charge is 0.377 e. The Morgan fingerprint density at radius 3 is 2.23 bits per heavy atom. The van der Waals surface area contributed by atoms with Gasteiger partial charge in [0.25, 0.3) is 0 Å². The number of rotatable bonds is 7. The van der Waals surface area contributed by atoms with Crippen molar-refractivity contribution in [2.45, 2.75) is 32.4 Å². The van der Waals surface area contributed by atoms with E-state index in [0.717, 1.165) is 12.8 Å². The Bertz CT molecular complexity index is 131. The first-order chi connectivity index (χ1) is 6.08. The van der Waals surface area contributed by atoms with E-state index in [2.05, 4.69) is 0 Å². The molecular weight excluding hydrogens is 186 g/mol. The van der Waals surface area contributed by atoms with E-state index in [9.17, 15) is 0 Å². The van der Waals surface area contributed by atoms with Crippen molar-refractivity contribution >= 4 is 8.80 Å². The second kappa shape index (κ2) is 6.50. The van der Waals surface area contributed by atoms with Crippen LogP contribution in [0.5, 0.6) is 0 Å². The van der Waals surface area contributed by atoms with E-state index in [1.54, 1.807) is 14.2 Å². The van der Waals surface area contributed by atoms with Gasteiger partial charge in [-0.15, -0.1) is 0 Å². The molecule has 2 N–H and O–H groups in total. The van der Waals surface area contributed by atoms with Gasteiger partial charge in [-0.05, 0) is 26.3 Å². The summed E-state index contributed by atoms with van der Waals surface area (Å²) in [4.78, 5) is 0. The summed E-state index contributed by atoms with van der Waals surface area (Å²) < 4.78 is 16.1. The first-order valence-electron chi connectivity index (χ1n) is 4.56. The van der Waals surface area contributed by atoms with Crippen molar-refractivity contribution in [2.75, 3.05) is 20.8 Å². The quantitative estimate of drug-likeness (QED) is 0.633. The molecule has 0 spiro atoms. The van der Waals surface area contributed by atoms with Crippen molar-refractivity contribution in [1.29, 1.82) is 0 Å². The summed E-state index contributed by atoms with van der Waals surface area (Å²) in [5, 5.41) is 0. The summed E-state index contributed by atoms with van der Waals surface area (Å²) in [6.07, 6.45) is 2.07. The van der Waals surface area contributed by atoms with Gasteiger partial charge in [0.2, 0.25) is 0 Å². The normalized spacial score (nSPS) is 14.5. The van der Waals surface area contributed by atoms with Crippen LogP contribution < -0.4 is 5.73 Å². The van der Waals surface area contributed by atoms with Crippen molar-refractivity contribution in [1.82, 2.24) is 0 Å². The zero-order valence-corrected chi connectivity index (χ0v) is 10.0. The largest absolute Gasteiger partial charge is 0.497 e. The molecule has 80 valence electrons. The lowest BCUT2D eigenvalue weighted by atomic mass is 10.2. The third kappa shape index (κ3) is 5.38. The van der Waals surface area contributed by atoms with Crippen LogP contribution in [-0.4, -0.2) is 35.7 Å². The molecule has 0 aromatic carbocycles. The van der Waals surface area contributed by atoms with Gasteiger partial charge < -0.3 is 19.0 Å². The average molecular weight is 207 g/mol. The molecule has 13 heavy (non-hydrogen) atoms. The Labute approximate surface area is 81.7 Å². The van der Waals surface area contributed by atoms with Crippen molar-refractivity contribution in [3.05, 3.63) is 0 Å². The molecule has 0 saturated carbocycles. The molecule has 0 saturated heterocycles. The van der Waals surface area contributed by atoms with Gasteiger partial charge in [0.05, 0.1) is 0 Å². The van der Waals surface area contributed by atoms with E-state index in [0.29, 0.717) is 6.54 Å². The predicted molar refractivity (Wildman–Crippen MR) is 54.5 cm³/mol. The molecule has 0 aromatic rings. The topological polar surface area (TPSA) is 53.7 Å². The van der Waals surface area contributed by atoms with Crippen LogP contribution in [0.1, 0.15) is 19.8 Å². The minimum Gasteiger partial charge on any atom is -0.377 e. The number of hydrogen-bond acceptors (Lipinski definition) is 4. The SMILES string of the molecule is CO[Si](C)(OC)OC(C)CCCN. The standard InChI is InChI=1S/C8H21NO3Si/c1-8(6-5-7-9)12-13(4,10-2)11-3/h8H,5-7,9H2,1-4H3. The monoisotopic (exact) mass is 207 g/mol. The maximum Gasteiger partial charge on any atom is 0.497 e. The Kier molecular flexibility index (Phi) is 6.53. The van der Waals surface area contributed by atoms with Gasteiger partial charge >= 0.3 is 8.80 Å². The number of hydrogen-bond donors (Lipinski definition) is 1. The van der Waals surface area contributed by atoms with Crippen molar-refractivity contribution in [3.63, 3.8) is 0 Å². The molecule has 0 aliphatic carbocycles. The van der Waals surface area contributed by atoms with E-state index < -0.39 is 8.80 Å². The summed E-state index contributed by atoms with van der Waals surface area (Å²) in [5.41, 5.74) is 5.40. The molecule has 1 unspecified atom stereocenters. The zero-order chi connectivity index (χ0) is 10.3. The number of nitrogens with two attached hydrogens (primary N) is 1. The van der Waals surface area contributed by atoms with Gasteiger partial charge in [0, 0.05) is 26.9 Å². The van der Waals surface area contributed by atoms with Gasteiger partial charge in [-0.25, -0.2) is 0 Å². The molecule has 0 aliphatic rings. The molecule has 0 aromatic heterocycles. The van der Waals surface area contributed by atoms with Gasteiger partial charge in [-0.1, -0.05) is 0 Å². The molecule has 5 heteroatoms. The Balaban J connectivity index is 3.79. The minimum absolute atomic E-state index is 0.153. The Morgan fingerprint density at radius 1 is 1.31 bits per heavy atom. The summed E-state index contributed by atoms with van der Waals surface area (Å²) in [5.74, 6) is 0. The van der Waals surface area contributed by atoms with E-state index in [1.807, 2.05) is 13.5 Å². The van der Waals surface area contributed by atoms with Gasteiger partial charge in [0.1, 0.15) is 0 Å². The third-order valence-electron chi connectivity index (χ3n) is 1.97. The van der Waals surface area contributed by atoms with Crippen LogP contribution >= 0.6 is 0 Å². The van der Waals surface area contributed by atoms with Crippen LogP contribution in [0, 0.1) is 0 Å². The summed E-state index contributed by atoms with van der Waals surface area (Å²) in [7, 11) is 0.882. The molecule has 0 radical (unpaired) electrons. The maximum absolute atomic E-state index is 5.68. The lowest BCUT2D eigenvalue weighted by molar-refractivity contribution is 0.0647. The van der Waals surface area contributed by atoms with Crippen LogP contribution in [0.2, 0.25) is 6.55 Å². The molecule has 0 rings (SSSR count). The van der Waals surface area contributed by atoms with E-state index >= 15 is 0 Å². The summed E-state index contributed by atoms with van der Waals surface area (Å²) in [6, 6.07) is 0. The molecule has 0 heterocycles. The first-order valence-corrected chi connectivity index (χ1v) is 6.78. The average Bonchev–Trinajstić information content (AvgIpc) is 2.14. The molecule has 0 fully saturated rings. The van der Waals surface area contributed by atoms with E-state index in [4.69, 9.17) is 19.0 Å².